The van der Waals surface area contributed by atoms with Gasteiger partial charge in [0.15, 0.2) is 0 Å². The highest BCUT2D eigenvalue weighted by molar-refractivity contribution is 6.21. The monoisotopic (exact) mass is 385 g/mol. The van der Waals surface area contributed by atoms with Gasteiger partial charge in [0.05, 0.1) is 16.7 Å². The molecule has 1 aliphatic heterocycles. The lowest BCUT2D eigenvalue weighted by molar-refractivity contribution is -0.142. The fraction of sp³-hybridized carbons (Fsp3) is 0.333. The maximum atomic E-state index is 12.5. The molecule has 7 heteroatoms. The van der Waals surface area contributed by atoms with Gasteiger partial charge in [-0.15, -0.1) is 0 Å². The number of ether oxygens (including phenoxy) is 2. The molecule has 1 aliphatic rings. The summed E-state index contributed by atoms with van der Waals surface area (Å²) in [4.78, 5) is 49.5. The van der Waals surface area contributed by atoms with Crippen molar-refractivity contribution in [2.24, 2.45) is 0 Å². The number of nitrogens with zero attached hydrogens (tertiary/aromatic N) is 1. The number of amides is 2. The Morgan fingerprint density at radius 2 is 1.61 bits per heavy atom. The molecule has 0 aromatic heterocycles. The Hall–Kier alpha value is -3.22. The molecule has 2 rings (SSSR count). The fourth-order valence-corrected chi connectivity index (χ4v) is 2.78. The summed E-state index contributed by atoms with van der Waals surface area (Å²) in [5, 5.41) is 0. The Labute approximate surface area is 163 Å². The summed E-state index contributed by atoms with van der Waals surface area (Å²) >= 11 is 0. The number of benzene rings is 1. The van der Waals surface area contributed by atoms with E-state index in [0.717, 1.165) is 0 Å². The molecule has 0 aliphatic carbocycles. The predicted octanol–water partition coefficient (Wildman–Crippen LogP) is 2.92. The SMILES string of the molecule is C=CCOC(=O)CCCCCN1C(=O)c2ccc(C(=O)OCC=C)cc2C1=O. The highest BCUT2D eigenvalue weighted by Crippen LogP contribution is 2.25. The molecule has 1 heterocycles. The average Bonchev–Trinajstić information content (AvgIpc) is 2.94. The first-order valence-electron chi connectivity index (χ1n) is 9.04. The van der Waals surface area contributed by atoms with Gasteiger partial charge < -0.3 is 9.47 Å². The molecule has 1 aromatic carbocycles. The third-order valence-corrected chi connectivity index (χ3v) is 4.16. The van der Waals surface area contributed by atoms with Gasteiger partial charge in [-0.3, -0.25) is 19.3 Å². The van der Waals surface area contributed by atoms with E-state index in [1.54, 1.807) is 0 Å². The molecule has 0 saturated carbocycles. The smallest absolute Gasteiger partial charge is 0.338 e. The van der Waals surface area contributed by atoms with Gasteiger partial charge in [-0.25, -0.2) is 4.79 Å². The Morgan fingerprint density at radius 1 is 0.929 bits per heavy atom. The Bertz CT molecular complexity index is 798. The summed E-state index contributed by atoms with van der Waals surface area (Å²) in [6.45, 7) is 7.45. The van der Waals surface area contributed by atoms with Crippen LogP contribution in [0.25, 0.3) is 0 Å². The summed E-state index contributed by atoms with van der Waals surface area (Å²) in [6, 6.07) is 4.32. The number of unbranched alkanes of at least 4 members (excludes halogenated alkanes) is 2. The van der Waals surface area contributed by atoms with Crippen molar-refractivity contribution in [2.45, 2.75) is 25.7 Å². The molecule has 28 heavy (non-hydrogen) atoms. The van der Waals surface area contributed by atoms with Gasteiger partial charge in [0.25, 0.3) is 11.8 Å². The lowest BCUT2D eigenvalue weighted by Gasteiger charge is -2.13. The summed E-state index contributed by atoms with van der Waals surface area (Å²) in [5.41, 5.74) is 0.686. The first-order chi connectivity index (χ1) is 13.5. The minimum atomic E-state index is -0.579. The standard InChI is InChI=1S/C21H23NO6/c1-3-12-27-18(23)8-6-5-7-11-22-19(24)16-10-9-15(14-17(16)20(22)25)21(26)28-13-4-2/h3-4,9-10,14H,1-2,5-8,11-13H2. The van der Waals surface area contributed by atoms with E-state index < -0.39 is 11.9 Å². The van der Waals surface area contributed by atoms with Crippen LogP contribution in [-0.2, 0) is 14.3 Å². The van der Waals surface area contributed by atoms with E-state index >= 15 is 0 Å². The van der Waals surface area contributed by atoms with Gasteiger partial charge in [-0.1, -0.05) is 31.7 Å². The van der Waals surface area contributed by atoms with Crippen LogP contribution in [0, 0.1) is 0 Å². The van der Waals surface area contributed by atoms with Crippen LogP contribution in [0.1, 0.15) is 56.8 Å². The van der Waals surface area contributed by atoms with Crippen LogP contribution in [0.5, 0.6) is 0 Å². The molecule has 148 valence electrons. The Kier molecular flexibility index (Phi) is 7.68. The van der Waals surface area contributed by atoms with E-state index in [2.05, 4.69) is 13.2 Å². The second kappa shape index (κ2) is 10.2. The van der Waals surface area contributed by atoms with Crippen molar-refractivity contribution >= 4 is 23.8 Å². The highest BCUT2D eigenvalue weighted by Gasteiger charge is 2.35. The molecule has 0 bridgehead atoms. The molecule has 0 spiro atoms. The van der Waals surface area contributed by atoms with E-state index in [1.165, 1.54) is 35.3 Å². The number of rotatable bonds is 11. The summed E-state index contributed by atoms with van der Waals surface area (Å²) in [5.74, 6) is -1.68. The molecule has 0 saturated heterocycles. The normalized spacial score (nSPS) is 12.5. The highest BCUT2D eigenvalue weighted by atomic mass is 16.5. The van der Waals surface area contributed by atoms with Crippen LogP contribution in [0.2, 0.25) is 0 Å². The summed E-state index contributed by atoms with van der Waals surface area (Å²) < 4.78 is 9.84. The molecule has 2 amide bonds. The fourth-order valence-electron chi connectivity index (χ4n) is 2.78. The number of hydrogen-bond donors (Lipinski definition) is 0. The van der Waals surface area contributed by atoms with E-state index in [9.17, 15) is 19.2 Å². The average molecular weight is 385 g/mol. The first kappa shape index (κ1) is 21.1. The van der Waals surface area contributed by atoms with Gasteiger partial charge in [-0.2, -0.15) is 0 Å². The van der Waals surface area contributed by atoms with E-state index in [1.807, 2.05) is 0 Å². The molecular weight excluding hydrogens is 362 g/mol. The third kappa shape index (κ3) is 5.16. The summed E-state index contributed by atoms with van der Waals surface area (Å²) in [7, 11) is 0. The number of imide groups is 1. The molecule has 0 unspecified atom stereocenters. The van der Waals surface area contributed by atoms with Gasteiger partial charge in [-0.05, 0) is 31.0 Å². The Morgan fingerprint density at radius 3 is 2.32 bits per heavy atom. The zero-order valence-electron chi connectivity index (χ0n) is 15.6. The van der Waals surface area contributed by atoms with Crippen LogP contribution in [0.4, 0.5) is 0 Å². The lowest BCUT2D eigenvalue weighted by atomic mass is 10.1. The number of fused-ring (bicyclic) bond motifs is 1. The van der Waals surface area contributed by atoms with E-state index in [4.69, 9.17) is 9.47 Å². The van der Waals surface area contributed by atoms with Crippen LogP contribution >= 0.6 is 0 Å². The first-order valence-corrected chi connectivity index (χ1v) is 9.04. The number of carbonyl (C=O) groups is 4. The lowest BCUT2D eigenvalue weighted by Crippen LogP contribution is -2.30. The Balaban J connectivity index is 1.88. The van der Waals surface area contributed by atoms with Crippen molar-refractivity contribution < 1.29 is 28.7 Å². The van der Waals surface area contributed by atoms with Crippen molar-refractivity contribution in [2.75, 3.05) is 19.8 Å². The third-order valence-electron chi connectivity index (χ3n) is 4.16. The maximum Gasteiger partial charge on any atom is 0.338 e. The zero-order valence-corrected chi connectivity index (χ0v) is 15.6. The number of esters is 2. The molecule has 0 fully saturated rings. The van der Waals surface area contributed by atoms with Crippen molar-refractivity contribution in [3.05, 3.63) is 60.2 Å². The topological polar surface area (TPSA) is 90.0 Å². The van der Waals surface area contributed by atoms with E-state index in [0.29, 0.717) is 19.3 Å². The molecule has 0 atom stereocenters. The predicted molar refractivity (Wildman–Crippen MR) is 102 cm³/mol. The van der Waals surface area contributed by atoms with Gasteiger partial charge in [0.2, 0.25) is 0 Å². The minimum absolute atomic E-state index is 0.0655. The van der Waals surface area contributed by atoms with Crippen LogP contribution < -0.4 is 0 Å². The van der Waals surface area contributed by atoms with Gasteiger partial charge in [0.1, 0.15) is 13.2 Å². The van der Waals surface area contributed by atoms with Crippen molar-refractivity contribution in [1.29, 1.82) is 0 Å². The minimum Gasteiger partial charge on any atom is -0.461 e. The second-order valence-corrected chi connectivity index (χ2v) is 6.19. The zero-order chi connectivity index (χ0) is 20.5. The molecule has 0 radical (unpaired) electrons. The number of hydrogen-bond acceptors (Lipinski definition) is 6. The van der Waals surface area contributed by atoms with Gasteiger partial charge in [0, 0.05) is 13.0 Å². The van der Waals surface area contributed by atoms with Crippen molar-refractivity contribution in [3.63, 3.8) is 0 Å². The van der Waals surface area contributed by atoms with Crippen molar-refractivity contribution in [1.82, 2.24) is 4.90 Å². The van der Waals surface area contributed by atoms with Crippen LogP contribution in [0.3, 0.4) is 0 Å². The summed E-state index contributed by atoms with van der Waals surface area (Å²) in [6.07, 6.45) is 5.10. The van der Waals surface area contributed by atoms with Crippen molar-refractivity contribution in [3.8, 4) is 0 Å². The number of carbonyl (C=O) groups excluding carboxylic acids is 4. The molecular formula is C21H23NO6. The van der Waals surface area contributed by atoms with Crippen LogP contribution in [-0.4, -0.2) is 48.4 Å². The van der Waals surface area contributed by atoms with Gasteiger partial charge >= 0.3 is 11.9 Å². The quantitative estimate of drug-likeness (QED) is 0.252. The molecule has 7 nitrogen and oxygen atoms in total. The molecule has 0 N–H and O–H groups in total. The second-order valence-electron chi connectivity index (χ2n) is 6.19. The van der Waals surface area contributed by atoms with Crippen LogP contribution in [0.15, 0.2) is 43.5 Å². The molecule has 1 aromatic rings. The largest absolute Gasteiger partial charge is 0.461 e. The maximum absolute atomic E-state index is 12.5. The van der Waals surface area contributed by atoms with E-state index in [-0.39, 0.29) is 54.7 Å².